The maximum Gasteiger partial charge on any atom is 0.419 e. The zero-order chi connectivity index (χ0) is 23.8. The molecule has 0 unspecified atom stereocenters. The van der Waals surface area contributed by atoms with E-state index >= 15 is 0 Å². The number of hydrogen-bond donors (Lipinski definition) is 3. The highest BCUT2D eigenvalue weighted by Crippen LogP contribution is 2.41. The van der Waals surface area contributed by atoms with Crippen molar-refractivity contribution < 1.29 is 17.6 Å². The van der Waals surface area contributed by atoms with Gasteiger partial charge in [0.05, 0.1) is 33.4 Å². The normalized spacial score (nSPS) is 12.5. The summed E-state index contributed by atoms with van der Waals surface area (Å²) in [6.07, 6.45) is 0.457. The predicted octanol–water partition coefficient (Wildman–Crippen LogP) is 4.94. The third-order valence-electron chi connectivity index (χ3n) is 4.95. The van der Waals surface area contributed by atoms with Crippen LogP contribution in [0.4, 0.5) is 28.9 Å². The van der Waals surface area contributed by atoms with E-state index < -0.39 is 17.6 Å². The average Bonchev–Trinajstić information content (AvgIpc) is 3.16. The molecule has 11 heteroatoms. The fourth-order valence-corrected chi connectivity index (χ4v) is 3.44. The van der Waals surface area contributed by atoms with Crippen LogP contribution in [0.2, 0.25) is 0 Å². The Morgan fingerprint density at radius 2 is 2.03 bits per heavy atom. The van der Waals surface area contributed by atoms with Crippen LogP contribution in [0, 0.1) is 17.1 Å². The monoisotopic (exact) mass is 453 g/mol. The Balaban J connectivity index is 2.09. The summed E-state index contributed by atoms with van der Waals surface area (Å²) < 4.78 is 54.1. The summed E-state index contributed by atoms with van der Waals surface area (Å²) in [7, 11) is 1.61. The number of nitrogens with two attached hydrogens (primary N) is 1. The van der Waals surface area contributed by atoms with E-state index in [0.29, 0.717) is 45.5 Å². The quantitative estimate of drug-likeness (QED) is 0.299. The van der Waals surface area contributed by atoms with Crippen molar-refractivity contribution in [1.29, 1.82) is 5.26 Å². The van der Waals surface area contributed by atoms with Crippen LogP contribution in [-0.2, 0) is 0 Å². The van der Waals surface area contributed by atoms with Crippen LogP contribution in [0.5, 0.6) is 0 Å². The Labute approximate surface area is 184 Å². The predicted molar refractivity (Wildman–Crippen MR) is 118 cm³/mol. The van der Waals surface area contributed by atoms with E-state index in [1.165, 1.54) is 36.8 Å². The molecular formula is C22H15F4N7. The van der Waals surface area contributed by atoms with Crippen LogP contribution < -0.4 is 11.1 Å². The van der Waals surface area contributed by atoms with Crippen LogP contribution in [0.25, 0.3) is 33.1 Å². The highest BCUT2D eigenvalue weighted by molar-refractivity contribution is 6.17. The van der Waals surface area contributed by atoms with Crippen LogP contribution in [-0.4, -0.2) is 34.4 Å². The van der Waals surface area contributed by atoms with Gasteiger partial charge in [0.2, 0.25) is 0 Å². The second kappa shape index (κ2) is 8.23. The van der Waals surface area contributed by atoms with Crippen molar-refractivity contribution in [3.8, 4) is 17.2 Å². The molecule has 0 aliphatic heterocycles. The van der Waals surface area contributed by atoms with E-state index in [1.54, 1.807) is 7.05 Å². The van der Waals surface area contributed by atoms with Crippen molar-refractivity contribution in [2.45, 2.75) is 6.18 Å². The molecular weight excluding hydrogens is 438 g/mol. The number of aromatic amines is 1. The van der Waals surface area contributed by atoms with E-state index in [-0.39, 0.29) is 16.9 Å². The zero-order valence-electron chi connectivity index (χ0n) is 17.0. The van der Waals surface area contributed by atoms with Gasteiger partial charge in [0.1, 0.15) is 17.5 Å². The van der Waals surface area contributed by atoms with Gasteiger partial charge in [-0.05, 0) is 18.2 Å². The number of aliphatic imine (C=N–C) groups is 1. The van der Waals surface area contributed by atoms with Crippen molar-refractivity contribution in [1.82, 2.24) is 15.0 Å². The second-order valence-corrected chi connectivity index (χ2v) is 6.95. The van der Waals surface area contributed by atoms with E-state index in [1.807, 2.05) is 6.07 Å². The summed E-state index contributed by atoms with van der Waals surface area (Å²) in [5, 5.41) is 12.8. The molecule has 166 valence electrons. The summed E-state index contributed by atoms with van der Waals surface area (Å²) in [5.41, 5.74) is 6.25. The van der Waals surface area contributed by atoms with E-state index in [4.69, 9.17) is 5.73 Å². The number of allylic oxidation sites excluding steroid dienone is 1. The second-order valence-electron chi connectivity index (χ2n) is 6.95. The lowest BCUT2D eigenvalue weighted by Gasteiger charge is -2.09. The Morgan fingerprint density at radius 1 is 1.24 bits per heavy atom. The maximum absolute atomic E-state index is 14.3. The van der Waals surface area contributed by atoms with Gasteiger partial charge in [-0.3, -0.25) is 9.98 Å². The van der Waals surface area contributed by atoms with Gasteiger partial charge in [0, 0.05) is 54.6 Å². The minimum atomic E-state index is -4.72. The van der Waals surface area contributed by atoms with Crippen LogP contribution in [0.15, 0.2) is 53.6 Å². The van der Waals surface area contributed by atoms with Gasteiger partial charge in [0.25, 0.3) is 0 Å². The Hall–Kier alpha value is -4.46. The molecule has 0 aliphatic carbocycles. The summed E-state index contributed by atoms with van der Waals surface area (Å²) in [4.78, 5) is 15.5. The van der Waals surface area contributed by atoms with Gasteiger partial charge in [-0.25, -0.2) is 9.37 Å². The topological polar surface area (TPSA) is 116 Å². The van der Waals surface area contributed by atoms with E-state index in [0.717, 1.165) is 0 Å². The summed E-state index contributed by atoms with van der Waals surface area (Å²) >= 11 is 0. The molecule has 0 radical (unpaired) electrons. The number of rotatable bonds is 4. The molecule has 0 aliphatic rings. The number of aromatic nitrogens is 3. The summed E-state index contributed by atoms with van der Waals surface area (Å²) in [6, 6.07) is 5.99. The van der Waals surface area contributed by atoms with Crippen molar-refractivity contribution >= 4 is 39.5 Å². The van der Waals surface area contributed by atoms with Crippen LogP contribution in [0.3, 0.4) is 0 Å². The number of nitrogens with zero attached hydrogens (tertiary/aromatic N) is 4. The van der Waals surface area contributed by atoms with Gasteiger partial charge in [0.15, 0.2) is 0 Å². The lowest BCUT2D eigenvalue weighted by Crippen LogP contribution is -2.14. The molecule has 0 bridgehead atoms. The fourth-order valence-electron chi connectivity index (χ4n) is 3.44. The third kappa shape index (κ3) is 3.94. The van der Waals surface area contributed by atoms with Gasteiger partial charge in [-0.2, -0.15) is 18.4 Å². The lowest BCUT2D eigenvalue weighted by atomic mass is 10.0. The van der Waals surface area contributed by atoms with Crippen LogP contribution >= 0.6 is 0 Å². The highest BCUT2D eigenvalue weighted by Gasteiger charge is 2.32. The van der Waals surface area contributed by atoms with Gasteiger partial charge >= 0.3 is 6.18 Å². The van der Waals surface area contributed by atoms with Crippen LogP contribution in [0.1, 0.15) is 5.56 Å². The molecule has 4 rings (SSSR count). The van der Waals surface area contributed by atoms with Gasteiger partial charge < -0.3 is 16.0 Å². The van der Waals surface area contributed by atoms with E-state index in [9.17, 15) is 22.8 Å². The molecule has 0 atom stereocenters. The minimum absolute atomic E-state index is 0.0828. The largest absolute Gasteiger partial charge is 0.419 e. The summed E-state index contributed by atoms with van der Waals surface area (Å²) in [5.74, 6) is -0.556. The number of pyridine rings is 2. The maximum atomic E-state index is 14.3. The standard InChI is InChI=1S/C22H15F4N7/c1-29-17-4-14(23)3-15-18-20(31-9-13(6-28)22(24,25)26)16(10-32-21(18)33-19(15)17)12-2-11(5-27)7-30-8-12/h2-4,6-10,29H,28H2,1H3,(H,32,33). The van der Waals surface area contributed by atoms with Crippen molar-refractivity contribution in [3.05, 3.63) is 59.9 Å². The molecule has 0 saturated carbocycles. The molecule has 0 fully saturated rings. The number of benzene rings is 1. The van der Waals surface area contributed by atoms with Gasteiger partial charge in [-0.15, -0.1) is 0 Å². The first kappa shape index (κ1) is 21.8. The van der Waals surface area contributed by atoms with Gasteiger partial charge in [-0.1, -0.05) is 0 Å². The number of nitrogens with one attached hydrogen (secondary N) is 2. The first-order valence-corrected chi connectivity index (χ1v) is 9.47. The Kier molecular flexibility index (Phi) is 5.43. The molecule has 4 aromatic rings. The molecule has 0 spiro atoms. The number of fused-ring (bicyclic) bond motifs is 3. The number of alkyl halides is 3. The van der Waals surface area contributed by atoms with Crippen molar-refractivity contribution in [3.63, 3.8) is 0 Å². The fraction of sp³-hybridized carbons (Fsp3) is 0.0909. The average molecular weight is 453 g/mol. The first-order chi connectivity index (χ1) is 15.8. The Bertz CT molecular complexity index is 1480. The number of hydrogen-bond acceptors (Lipinski definition) is 6. The number of anilines is 1. The molecule has 0 amide bonds. The highest BCUT2D eigenvalue weighted by atomic mass is 19.4. The molecule has 0 saturated heterocycles. The molecule has 4 N–H and O–H groups in total. The lowest BCUT2D eigenvalue weighted by molar-refractivity contribution is -0.0857. The number of halogens is 4. The van der Waals surface area contributed by atoms with E-state index in [2.05, 4.69) is 25.3 Å². The smallest absolute Gasteiger partial charge is 0.404 e. The molecule has 33 heavy (non-hydrogen) atoms. The van der Waals surface area contributed by atoms with Crippen molar-refractivity contribution in [2.75, 3.05) is 12.4 Å². The number of H-pyrrole nitrogens is 1. The number of nitriles is 1. The zero-order valence-corrected chi connectivity index (χ0v) is 17.0. The molecule has 1 aromatic carbocycles. The Morgan fingerprint density at radius 3 is 2.70 bits per heavy atom. The first-order valence-electron chi connectivity index (χ1n) is 9.47. The minimum Gasteiger partial charge on any atom is -0.404 e. The summed E-state index contributed by atoms with van der Waals surface area (Å²) in [6.45, 7) is 0. The molecule has 3 aromatic heterocycles. The third-order valence-corrected chi connectivity index (χ3v) is 4.95. The molecule has 3 heterocycles. The van der Waals surface area contributed by atoms with Crippen molar-refractivity contribution in [2.24, 2.45) is 10.7 Å². The SMILES string of the molecule is CNc1cc(F)cc2c1[nH]c1ncc(-c3cncc(C#N)c3)c(N=CC(=CN)C(F)(F)F)c12. The molecule has 7 nitrogen and oxygen atoms in total.